The maximum absolute atomic E-state index is 13.9. The highest BCUT2D eigenvalue weighted by Crippen LogP contribution is 2.36. The fraction of sp³-hybridized carbons (Fsp3) is 0.621. The smallest absolute Gasteiger partial charge is 0.273 e. The molecule has 6 nitrogen and oxygen atoms in total. The van der Waals surface area contributed by atoms with Crippen molar-refractivity contribution in [1.29, 1.82) is 0 Å². The molecule has 2 heterocycles. The van der Waals surface area contributed by atoms with E-state index in [0.717, 1.165) is 69.0 Å². The summed E-state index contributed by atoms with van der Waals surface area (Å²) in [5.41, 5.74) is 2.75. The molecule has 1 aromatic carbocycles. The number of benzene rings is 1. The van der Waals surface area contributed by atoms with Crippen LogP contribution in [-0.2, 0) is 17.8 Å². The Hall–Kier alpha value is -2.63. The van der Waals surface area contributed by atoms with E-state index < -0.39 is 5.54 Å². The van der Waals surface area contributed by atoms with Crippen LogP contribution in [0.2, 0.25) is 0 Å². The summed E-state index contributed by atoms with van der Waals surface area (Å²) in [6.07, 6.45) is 13.3. The summed E-state index contributed by atoms with van der Waals surface area (Å²) in [5.74, 6) is -0.0688. The zero-order valence-corrected chi connectivity index (χ0v) is 21.4. The molecule has 5 rings (SSSR count). The van der Waals surface area contributed by atoms with Crippen LogP contribution in [0.25, 0.3) is 11.3 Å². The van der Waals surface area contributed by atoms with E-state index >= 15 is 0 Å². The first kappa shape index (κ1) is 24.1. The average molecular weight is 477 g/mol. The SMILES string of the molecule is CCc1ccc(-c2cc3n(n2)CC(C)(C(=O)NC2CCCCCCC2)N(C2CCCC2)C3=O)cc1. The zero-order chi connectivity index (χ0) is 24.4. The van der Waals surface area contributed by atoms with Gasteiger partial charge in [0.15, 0.2) is 0 Å². The third-order valence-corrected chi connectivity index (χ3v) is 8.48. The van der Waals surface area contributed by atoms with Crippen molar-refractivity contribution in [3.05, 3.63) is 41.6 Å². The van der Waals surface area contributed by atoms with E-state index in [1.54, 1.807) is 4.68 Å². The fourth-order valence-electron chi connectivity index (χ4n) is 6.33. The molecule has 35 heavy (non-hydrogen) atoms. The average Bonchev–Trinajstić information content (AvgIpc) is 3.51. The summed E-state index contributed by atoms with van der Waals surface area (Å²) in [7, 11) is 0. The Morgan fingerprint density at radius 3 is 2.29 bits per heavy atom. The Bertz CT molecular complexity index is 1050. The summed E-state index contributed by atoms with van der Waals surface area (Å²) in [5, 5.41) is 8.21. The number of aromatic nitrogens is 2. The van der Waals surface area contributed by atoms with Gasteiger partial charge < -0.3 is 10.2 Å². The molecule has 1 N–H and O–H groups in total. The Labute approximate surface area is 209 Å². The molecule has 2 saturated carbocycles. The number of fused-ring (bicyclic) bond motifs is 1. The number of amides is 2. The van der Waals surface area contributed by atoms with Crippen molar-refractivity contribution in [2.45, 2.75) is 115 Å². The van der Waals surface area contributed by atoms with Crippen molar-refractivity contribution in [3.8, 4) is 11.3 Å². The van der Waals surface area contributed by atoms with E-state index in [9.17, 15) is 9.59 Å². The van der Waals surface area contributed by atoms with Gasteiger partial charge in [0.05, 0.1) is 12.2 Å². The van der Waals surface area contributed by atoms with Crippen molar-refractivity contribution in [2.75, 3.05) is 0 Å². The van der Waals surface area contributed by atoms with Crippen LogP contribution in [0.3, 0.4) is 0 Å². The lowest BCUT2D eigenvalue weighted by Gasteiger charge is -2.47. The van der Waals surface area contributed by atoms with E-state index in [1.165, 1.54) is 24.8 Å². The predicted octanol–water partition coefficient (Wildman–Crippen LogP) is 5.50. The fourth-order valence-corrected chi connectivity index (χ4v) is 6.33. The van der Waals surface area contributed by atoms with Gasteiger partial charge in [0.1, 0.15) is 11.2 Å². The first-order valence-electron chi connectivity index (χ1n) is 13.8. The van der Waals surface area contributed by atoms with Crippen LogP contribution >= 0.6 is 0 Å². The first-order valence-corrected chi connectivity index (χ1v) is 13.8. The van der Waals surface area contributed by atoms with Crippen LogP contribution in [0.15, 0.2) is 30.3 Å². The van der Waals surface area contributed by atoms with Gasteiger partial charge in [-0.25, -0.2) is 0 Å². The van der Waals surface area contributed by atoms with Crippen molar-refractivity contribution in [1.82, 2.24) is 20.0 Å². The van der Waals surface area contributed by atoms with Gasteiger partial charge in [0, 0.05) is 17.6 Å². The van der Waals surface area contributed by atoms with E-state index in [0.29, 0.717) is 12.2 Å². The Morgan fingerprint density at radius 2 is 1.63 bits per heavy atom. The molecule has 3 aliphatic rings. The molecule has 2 aromatic rings. The topological polar surface area (TPSA) is 67.2 Å². The summed E-state index contributed by atoms with van der Waals surface area (Å²) in [4.78, 5) is 29.8. The van der Waals surface area contributed by atoms with Gasteiger partial charge in [-0.3, -0.25) is 14.3 Å². The minimum absolute atomic E-state index is 0.0154. The number of hydrogen-bond donors (Lipinski definition) is 1. The number of nitrogens with zero attached hydrogens (tertiary/aromatic N) is 3. The molecular weight excluding hydrogens is 436 g/mol. The molecule has 188 valence electrons. The van der Waals surface area contributed by atoms with Gasteiger partial charge in [-0.15, -0.1) is 0 Å². The highest BCUT2D eigenvalue weighted by Gasteiger charge is 2.51. The van der Waals surface area contributed by atoms with Gasteiger partial charge >= 0.3 is 0 Å². The molecule has 0 bridgehead atoms. The number of rotatable bonds is 5. The molecular formula is C29H40N4O2. The van der Waals surface area contributed by atoms with Crippen molar-refractivity contribution >= 4 is 11.8 Å². The van der Waals surface area contributed by atoms with Crippen LogP contribution in [0.1, 0.15) is 101 Å². The van der Waals surface area contributed by atoms with Crippen LogP contribution in [-0.4, -0.2) is 44.1 Å². The summed E-state index contributed by atoms with van der Waals surface area (Å²) in [6.45, 7) is 4.50. The maximum atomic E-state index is 13.9. The molecule has 0 radical (unpaired) electrons. The molecule has 2 aliphatic carbocycles. The molecule has 0 saturated heterocycles. The largest absolute Gasteiger partial charge is 0.351 e. The number of aryl methyl sites for hydroxylation is 1. The second-order valence-corrected chi connectivity index (χ2v) is 11.0. The van der Waals surface area contributed by atoms with E-state index in [4.69, 9.17) is 5.10 Å². The highest BCUT2D eigenvalue weighted by molar-refractivity contribution is 6.00. The molecule has 2 amide bonds. The second kappa shape index (κ2) is 10.2. The molecule has 1 atom stereocenters. The number of carbonyl (C=O) groups is 2. The molecule has 1 aliphatic heterocycles. The number of hydrogen-bond acceptors (Lipinski definition) is 3. The lowest BCUT2D eigenvalue weighted by Crippen LogP contribution is -2.67. The summed E-state index contributed by atoms with van der Waals surface area (Å²) >= 11 is 0. The van der Waals surface area contributed by atoms with Crippen molar-refractivity contribution < 1.29 is 9.59 Å². The Balaban J connectivity index is 1.45. The minimum Gasteiger partial charge on any atom is -0.351 e. The molecule has 6 heteroatoms. The van der Waals surface area contributed by atoms with E-state index in [1.807, 2.05) is 17.9 Å². The maximum Gasteiger partial charge on any atom is 0.273 e. The predicted molar refractivity (Wildman–Crippen MR) is 138 cm³/mol. The normalized spacial score (nSPS) is 24.2. The minimum atomic E-state index is -0.934. The van der Waals surface area contributed by atoms with Crippen LogP contribution in [0.5, 0.6) is 0 Å². The number of carbonyl (C=O) groups excluding carboxylic acids is 2. The van der Waals surface area contributed by atoms with Crippen molar-refractivity contribution in [2.24, 2.45) is 0 Å². The standard InChI is InChI=1S/C29H40N4O2/c1-3-21-15-17-22(18-16-21)25-19-26-27(34)33(24-13-9-10-14-24)29(2,20-32(26)31-25)28(35)30-23-11-7-5-4-6-8-12-23/h15-19,23-24H,3-14,20H2,1-2H3,(H,30,35). The van der Waals surface area contributed by atoms with Crippen LogP contribution in [0, 0.1) is 0 Å². The summed E-state index contributed by atoms with van der Waals surface area (Å²) in [6, 6.07) is 10.6. The molecule has 2 fully saturated rings. The zero-order valence-electron chi connectivity index (χ0n) is 21.4. The van der Waals surface area contributed by atoms with Gasteiger partial charge in [-0.2, -0.15) is 5.10 Å². The van der Waals surface area contributed by atoms with Gasteiger partial charge in [0.2, 0.25) is 5.91 Å². The molecule has 1 unspecified atom stereocenters. The third kappa shape index (κ3) is 4.76. The monoisotopic (exact) mass is 476 g/mol. The highest BCUT2D eigenvalue weighted by atomic mass is 16.2. The third-order valence-electron chi connectivity index (χ3n) is 8.48. The van der Waals surface area contributed by atoms with Crippen molar-refractivity contribution in [3.63, 3.8) is 0 Å². The second-order valence-electron chi connectivity index (χ2n) is 11.0. The molecule has 0 spiro atoms. The van der Waals surface area contributed by atoms with Gasteiger partial charge in [-0.1, -0.05) is 76.1 Å². The summed E-state index contributed by atoms with van der Waals surface area (Å²) < 4.78 is 1.79. The Kier molecular flexibility index (Phi) is 6.99. The lowest BCUT2D eigenvalue weighted by atomic mass is 9.90. The van der Waals surface area contributed by atoms with Gasteiger partial charge in [-0.05, 0) is 50.7 Å². The lowest BCUT2D eigenvalue weighted by molar-refractivity contribution is -0.135. The first-order chi connectivity index (χ1) is 17.0. The quantitative estimate of drug-likeness (QED) is 0.620. The number of nitrogens with one attached hydrogen (secondary N) is 1. The Morgan fingerprint density at radius 1 is 1.00 bits per heavy atom. The van der Waals surface area contributed by atoms with E-state index in [-0.39, 0.29) is 23.9 Å². The van der Waals surface area contributed by atoms with Crippen LogP contribution in [0.4, 0.5) is 0 Å². The van der Waals surface area contributed by atoms with Crippen LogP contribution < -0.4 is 5.32 Å². The van der Waals surface area contributed by atoms with Gasteiger partial charge in [0.25, 0.3) is 5.91 Å². The molecule has 1 aromatic heterocycles. The van der Waals surface area contributed by atoms with E-state index in [2.05, 4.69) is 36.5 Å².